The van der Waals surface area contributed by atoms with Gasteiger partial charge in [0.15, 0.2) is 0 Å². The van der Waals surface area contributed by atoms with Crippen LogP contribution >= 0.6 is 0 Å². The monoisotopic (exact) mass is 304 g/mol. The van der Waals surface area contributed by atoms with Crippen molar-refractivity contribution in [3.8, 4) is 0 Å². The third-order valence-corrected chi connectivity index (χ3v) is 2.52. The molecule has 7 heteroatoms. The van der Waals surface area contributed by atoms with E-state index >= 15 is 0 Å². The molecule has 7 nitrogen and oxygen atoms in total. The SMILES string of the molecule is CCC(=O)NCCOCCOCCOCCNC(=O)CC. The first-order chi connectivity index (χ1) is 10.2. The van der Waals surface area contributed by atoms with E-state index in [0.29, 0.717) is 65.6 Å². The zero-order chi connectivity index (χ0) is 15.8. The second-order valence-electron chi connectivity index (χ2n) is 4.24. The van der Waals surface area contributed by atoms with Gasteiger partial charge in [0.25, 0.3) is 0 Å². The van der Waals surface area contributed by atoms with E-state index in [2.05, 4.69) is 10.6 Å². The number of hydrogen-bond donors (Lipinski definition) is 2. The molecule has 0 aromatic carbocycles. The summed E-state index contributed by atoms with van der Waals surface area (Å²) in [5.41, 5.74) is 0. The van der Waals surface area contributed by atoms with Crippen molar-refractivity contribution < 1.29 is 23.8 Å². The van der Waals surface area contributed by atoms with E-state index in [1.54, 1.807) is 0 Å². The first-order valence-electron chi connectivity index (χ1n) is 7.47. The van der Waals surface area contributed by atoms with Gasteiger partial charge in [0.1, 0.15) is 0 Å². The van der Waals surface area contributed by atoms with Crippen LogP contribution in [0, 0.1) is 0 Å². The van der Waals surface area contributed by atoms with Crippen molar-refractivity contribution in [1.82, 2.24) is 10.6 Å². The molecule has 0 spiro atoms. The average Bonchev–Trinajstić information content (AvgIpc) is 2.51. The van der Waals surface area contributed by atoms with Crippen molar-refractivity contribution in [3.05, 3.63) is 0 Å². The number of hydrogen-bond acceptors (Lipinski definition) is 5. The van der Waals surface area contributed by atoms with E-state index in [4.69, 9.17) is 14.2 Å². The van der Waals surface area contributed by atoms with Crippen molar-refractivity contribution in [2.24, 2.45) is 0 Å². The Morgan fingerprint density at radius 2 is 1.00 bits per heavy atom. The van der Waals surface area contributed by atoms with Gasteiger partial charge in [0, 0.05) is 25.9 Å². The molecule has 0 saturated heterocycles. The van der Waals surface area contributed by atoms with E-state index in [-0.39, 0.29) is 11.8 Å². The standard InChI is InChI=1S/C14H28N2O5/c1-3-13(17)15-5-7-19-9-11-21-12-10-20-8-6-16-14(18)4-2/h3-12H2,1-2H3,(H,15,17)(H,16,18). The number of carbonyl (C=O) groups excluding carboxylic acids is 2. The lowest BCUT2D eigenvalue weighted by molar-refractivity contribution is -0.121. The molecule has 0 fully saturated rings. The molecule has 0 heterocycles. The van der Waals surface area contributed by atoms with E-state index in [0.717, 1.165) is 0 Å². The highest BCUT2D eigenvalue weighted by molar-refractivity contribution is 5.75. The Bertz CT molecular complexity index is 248. The molecule has 0 atom stereocenters. The van der Waals surface area contributed by atoms with Crippen LogP contribution in [0.3, 0.4) is 0 Å². The summed E-state index contributed by atoms with van der Waals surface area (Å²) in [5, 5.41) is 5.44. The molecule has 0 aromatic heterocycles. The van der Waals surface area contributed by atoms with Crippen LogP contribution in [0.4, 0.5) is 0 Å². The Morgan fingerprint density at radius 1 is 0.667 bits per heavy atom. The van der Waals surface area contributed by atoms with E-state index in [9.17, 15) is 9.59 Å². The van der Waals surface area contributed by atoms with Gasteiger partial charge in [-0.2, -0.15) is 0 Å². The fourth-order valence-corrected chi connectivity index (χ4v) is 1.32. The van der Waals surface area contributed by atoms with Gasteiger partial charge in [-0.25, -0.2) is 0 Å². The molecular weight excluding hydrogens is 276 g/mol. The Morgan fingerprint density at radius 3 is 1.33 bits per heavy atom. The van der Waals surface area contributed by atoms with Gasteiger partial charge in [-0.15, -0.1) is 0 Å². The summed E-state index contributed by atoms with van der Waals surface area (Å²) in [7, 11) is 0. The number of carbonyl (C=O) groups is 2. The third-order valence-electron chi connectivity index (χ3n) is 2.52. The minimum Gasteiger partial charge on any atom is -0.377 e. The van der Waals surface area contributed by atoms with Crippen molar-refractivity contribution >= 4 is 11.8 Å². The maximum absolute atomic E-state index is 10.9. The molecule has 0 bridgehead atoms. The molecule has 0 aliphatic rings. The van der Waals surface area contributed by atoms with Gasteiger partial charge in [-0.3, -0.25) is 9.59 Å². The van der Waals surface area contributed by atoms with Crippen molar-refractivity contribution in [1.29, 1.82) is 0 Å². The molecule has 2 amide bonds. The molecule has 0 radical (unpaired) electrons. The van der Waals surface area contributed by atoms with Crippen LogP contribution in [0.15, 0.2) is 0 Å². The summed E-state index contributed by atoms with van der Waals surface area (Å²) in [6.45, 7) is 7.63. The Labute approximate surface area is 126 Å². The summed E-state index contributed by atoms with van der Waals surface area (Å²) >= 11 is 0. The largest absolute Gasteiger partial charge is 0.377 e. The highest BCUT2D eigenvalue weighted by Gasteiger charge is 1.96. The predicted octanol–water partition coefficient (Wildman–Crippen LogP) is 0.0886. The maximum atomic E-state index is 10.9. The lowest BCUT2D eigenvalue weighted by Gasteiger charge is -2.07. The van der Waals surface area contributed by atoms with E-state index < -0.39 is 0 Å². The molecular formula is C14H28N2O5. The van der Waals surface area contributed by atoms with Gasteiger partial charge >= 0.3 is 0 Å². The van der Waals surface area contributed by atoms with Crippen molar-refractivity contribution in [2.45, 2.75) is 26.7 Å². The van der Waals surface area contributed by atoms with Crippen molar-refractivity contribution in [3.63, 3.8) is 0 Å². The predicted molar refractivity (Wildman–Crippen MR) is 79.1 cm³/mol. The van der Waals surface area contributed by atoms with Crippen LogP contribution < -0.4 is 10.6 Å². The normalized spacial score (nSPS) is 10.4. The minimum atomic E-state index is 0.0297. The molecule has 0 aliphatic heterocycles. The highest BCUT2D eigenvalue weighted by atomic mass is 16.5. The van der Waals surface area contributed by atoms with E-state index in [1.165, 1.54) is 0 Å². The smallest absolute Gasteiger partial charge is 0.219 e. The second-order valence-corrected chi connectivity index (χ2v) is 4.24. The fourth-order valence-electron chi connectivity index (χ4n) is 1.32. The highest BCUT2D eigenvalue weighted by Crippen LogP contribution is 1.82. The van der Waals surface area contributed by atoms with Gasteiger partial charge in [0.2, 0.25) is 11.8 Å². The lowest BCUT2D eigenvalue weighted by Crippen LogP contribution is -2.27. The maximum Gasteiger partial charge on any atom is 0.219 e. The summed E-state index contributed by atoms with van der Waals surface area (Å²) in [4.78, 5) is 21.8. The Balaban J connectivity index is 3.06. The number of ether oxygens (including phenoxy) is 3. The fraction of sp³-hybridized carbons (Fsp3) is 0.857. The Hall–Kier alpha value is -1.18. The summed E-state index contributed by atoms with van der Waals surface area (Å²) in [5.74, 6) is 0.0595. The van der Waals surface area contributed by atoms with Gasteiger partial charge in [-0.1, -0.05) is 13.8 Å². The lowest BCUT2D eigenvalue weighted by atomic mass is 10.4. The summed E-state index contributed by atoms with van der Waals surface area (Å²) < 4.78 is 15.9. The first kappa shape index (κ1) is 19.8. The molecule has 0 rings (SSSR count). The quantitative estimate of drug-likeness (QED) is 0.444. The molecule has 0 aliphatic carbocycles. The number of amides is 2. The van der Waals surface area contributed by atoms with Crippen LogP contribution in [0.1, 0.15) is 26.7 Å². The van der Waals surface area contributed by atoms with Gasteiger partial charge in [0.05, 0.1) is 39.6 Å². The van der Waals surface area contributed by atoms with Gasteiger partial charge in [-0.05, 0) is 0 Å². The Kier molecular flexibility index (Phi) is 14.4. The number of nitrogens with one attached hydrogen (secondary N) is 2. The molecule has 124 valence electrons. The van der Waals surface area contributed by atoms with Crippen LogP contribution in [0.5, 0.6) is 0 Å². The molecule has 0 saturated carbocycles. The average molecular weight is 304 g/mol. The van der Waals surface area contributed by atoms with Crippen molar-refractivity contribution in [2.75, 3.05) is 52.7 Å². The van der Waals surface area contributed by atoms with E-state index in [1.807, 2.05) is 13.8 Å². The third kappa shape index (κ3) is 15.0. The zero-order valence-electron chi connectivity index (χ0n) is 13.1. The molecule has 0 unspecified atom stereocenters. The zero-order valence-corrected chi connectivity index (χ0v) is 13.1. The summed E-state index contributed by atoms with van der Waals surface area (Å²) in [6.07, 6.45) is 0.983. The number of rotatable bonds is 14. The molecule has 0 aromatic rings. The first-order valence-corrected chi connectivity index (χ1v) is 7.47. The van der Waals surface area contributed by atoms with Gasteiger partial charge < -0.3 is 24.8 Å². The van der Waals surface area contributed by atoms with Crippen LogP contribution in [-0.2, 0) is 23.8 Å². The second kappa shape index (κ2) is 15.2. The summed E-state index contributed by atoms with van der Waals surface area (Å²) in [6, 6.07) is 0. The molecule has 21 heavy (non-hydrogen) atoms. The molecule has 2 N–H and O–H groups in total. The van der Waals surface area contributed by atoms with Crippen LogP contribution in [-0.4, -0.2) is 64.5 Å². The van der Waals surface area contributed by atoms with Crippen LogP contribution in [0.2, 0.25) is 0 Å². The minimum absolute atomic E-state index is 0.0297. The topological polar surface area (TPSA) is 85.9 Å². The van der Waals surface area contributed by atoms with Crippen LogP contribution in [0.25, 0.3) is 0 Å².